The third-order valence-corrected chi connectivity index (χ3v) is 3.07. The molecule has 16 heavy (non-hydrogen) atoms. The van der Waals surface area contributed by atoms with Crippen LogP contribution in [0.2, 0.25) is 0 Å². The summed E-state index contributed by atoms with van der Waals surface area (Å²) < 4.78 is 5.29. The fourth-order valence-electron chi connectivity index (χ4n) is 1.63. The van der Waals surface area contributed by atoms with Crippen LogP contribution in [0.15, 0.2) is 18.2 Å². The fourth-order valence-corrected chi connectivity index (χ4v) is 1.63. The summed E-state index contributed by atoms with van der Waals surface area (Å²) in [7, 11) is 1.70. The Hall–Kier alpha value is -0.730. The topological polar surface area (TPSA) is 35.2 Å². The Bertz CT molecular complexity index is 328. The Morgan fingerprint density at radius 2 is 2.00 bits per heavy atom. The van der Waals surface area contributed by atoms with Crippen molar-refractivity contribution in [3.8, 4) is 5.75 Å². The van der Waals surface area contributed by atoms with Crippen molar-refractivity contribution < 1.29 is 4.74 Å². The maximum absolute atomic E-state index is 6.17. The monoisotopic (exact) mass is 243 g/mol. The molecule has 92 valence electrons. The predicted octanol–water partition coefficient (Wildman–Crippen LogP) is 3.47. The molecule has 0 saturated carbocycles. The number of rotatable bonds is 4. The van der Waals surface area contributed by atoms with Gasteiger partial charge in [-0.2, -0.15) is 0 Å². The molecule has 0 aromatic heterocycles. The Balaban J connectivity index is 0.00000225. The van der Waals surface area contributed by atoms with Crippen molar-refractivity contribution in [1.82, 2.24) is 0 Å². The van der Waals surface area contributed by atoms with E-state index >= 15 is 0 Å². The summed E-state index contributed by atoms with van der Waals surface area (Å²) in [5, 5.41) is 0. The third-order valence-electron chi connectivity index (χ3n) is 3.07. The van der Waals surface area contributed by atoms with Crippen molar-refractivity contribution in [2.45, 2.75) is 33.2 Å². The number of nitrogens with two attached hydrogens (primary N) is 1. The first-order valence-corrected chi connectivity index (χ1v) is 5.50. The quantitative estimate of drug-likeness (QED) is 0.879. The number of aryl methyl sites for hydroxylation is 1. The van der Waals surface area contributed by atoms with Crippen molar-refractivity contribution in [1.29, 1.82) is 0 Å². The lowest BCUT2D eigenvalue weighted by Crippen LogP contribution is -2.18. The molecule has 0 bridgehead atoms. The zero-order chi connectivity index (χ0) is 11.4. The standard InChI is InChI=1S/C13H21NO.ClH/c1-5-9(2)13(14)11-7-6-10(3)12(8-11)15-4;/h6-9,13H,5,14H2,1-4H3;1H/t9?,13-;/m1./s1. The zero-order valence-electron chi connectivity index (χ0n) is 10.5. The number of methoxy groups -OCH3 is 1. The molecule has 1 aromatic carbocycles. The average Bonchev–Trinajstić information content (AvgIpc) is 2.27. The molecule has 0 radical (unpaired) electrons. The lowest BCUT2D eigenvalue weighted by molar-refractivity contribution is 0.407. The van der Waals surface area contributed by atoms with Crippen LogP contribution in [0, 0.1) is 12.8 Å². The second-order valence-corrected chi connectivity index (χ2v) is 4.14. The Kier molecular flexibility index (Phi) is 6.46. The summed E-state index contributed by atoms with van der Waals surface area (Å²) in [6.45, 7) is 6.38. The lowest BCUT2D eigenvalue weighted by atomic mass is 9.92. The van der Waals surface area contributed by atoms with Crippen molar-refractivity contribution >= 4 is 12.4 Å². The highest BCUT2D eigenvalue weighted by atomic mass is 35.5. The van der Waals surface area contributed by atoms with Crippen LogP contribution in [0.3, 0.4) is 0 Å². The number of hydrogen-bond acceptors (Lipinski definition) is 2. The minimum Gasteiger partial charge on any atom is -0.496 e. The fraction of sp³-hybridized carbons (Fsp3) is 0.538. The van der Waals surface area contributed by atoms with Crippen LogP contribution in [-0.4, -0.2) is 7.11 Å². The Labute approximate surface area is 105 Å². The van der Waals surface area contributed by atoms with Crippen molar-refractivity contribution in [2.24, 2.45) is 11.7 Å². The van der Waals surface area contributed by atoms with Crippen LogP contribution in [0.5, 0.6) is 5.75 Å². The highest BCUT2D eigenvalue weighted by Crippen LogP contribution is 2.26. The first-order chi connectivity index (χ1) is 7.10. The van der Waals surface area contributed by atoms with Gasteiger partial charge in [0, 0.05) is 6.04 Å². The molecule has 2 atom stereocenters. The maximum Gasteiger partial charge on any atom is 0.122 e. The number of hydrogen-bond donors (Lipinski definition) is 1. The van der Waals surface area contributed by atoms with Gasteiger partial charge in [0.15, 0.2) is 0 Å². The lowest BCUT2D eigenvalue weighted by Gasteiger charge is -2.19. The maximum atomic E-state index is 6.17. The normalized spacial score (nSPS) is 13.8. The summed E-state index contributed by atoms with van der Waals surface area (Å²) in [5.74, 6) is 1.42. The molecule has 2 N–H and O–H groups in total. The summed E-state index contributed by atoms with van der Waals surface area (Å²) in [4.78, 5) is 0. The van der Waals surface area contributed by atoms with Crippen molar-refractivity contribution in [3.05, 3.63) is 29.3 Å². The highest BCUT2D eigenvalue weighted by Gasteiger charge is 2.14. The van der Waals surface area contributed by atoms with Crippen LogP contribution in [0.25, 0.3) is 0 Å². The van der Waals surface area contributed by atoms with E-state index in [1.54, 1.807) is 7.11 Å². The van der Waals surface area contributed by atoms with Gasteiger partial charge in [0.25, 0.3) is 0 Å². The van der Waals surface area contributed by atoms with Gasteiger partial charge in [-0.15, -0.1) is 12.4 Å². The summed E-state index contributed by atoms with van der Waals surface area (Å²) >= 11 is 0. The SMILES string of the molecule is CCC(C)[C@@H](N)c1ccc(C)c(OC)c1.Cl. The zero-order valence-corrected chi connectivity index (χ0v) is 11.3. The molecule has 0 heterocycles. The molecular formula is C13H22ClNO. The molecule has 0 aliphatic rings. The Morgan fingerprint density at radius 3 is 2.50 bits per heavy atom. The summed E-state index contributed by atoms with van der Waals surface area (Å²) in [5.41, 5.74) is 8.48. The van der Waals surface area contributed by atoms with E-state index in [1.807, 2.05) is 13.0 Å². The molecular weight excluding hydrogens is 222 g/mol. The average molecular weight is 244 g/mol. The van der Waals surface area contributed by atoms with Gasteiger partial charge in [0.2, 0.25) is 0 Å². The van der Waals surface area contributed by atoms with Crippen LogP contribution in [-0.2, 0) is 0 Å². The number of halogens is 1. The van der Waals surface area contributed by atoms with Gasteiger partial charge >= 0.3 is 0 Å². The first-order valence-electron chi connectivity index (χ1n) is 5.50. The second kappa shape index (κ2) is 6.77. The van der Waals surface area contributed by atoms with E-state index < -0.39 is 0 Å². The van der Waals surface area contributed by atoms with Gasteiger partial charge < -0.3 is 10.5 Å². The highest BCUT2D eigenvalue weighted by molar-refractivity contribution is 5.85. The van der Waals surface area contributed by atoms with Crippen LogP contribution in [0.4, 0.5) is 0 Å². The van der Waals surface area contributed by atoms with Crippen molar-refractivity contribution in [2.75, 3.05) is 7.11 Å². The molecule has 0 aliphatic heterocycles. The van der Waals surface area contributed by atoms with Crippen LogP contribution in [0.1, 0.15) is 37.4 Å². The van der Waals surface area contributed by atoms with Gasteiger partial charge in [-0.3, -0.25) is 0 Å². The molecule has 3 heteroatoms. The number of ether oxygens (including phenoxy) is 1. The Morgan fingerprint density at radius 1 is 1.38 bits per heavy atom. The minimum absolute atomic E-state index is 0. The molecule has 2 nitrogen and oxygen atoms in total. The molecule has 0 spiro atoms. The molecule has 1 aromatic rings. The van der Waals surface area contributed by atoms with Gasteiger partial charge in [-0.05, 0) is 30.0 Å². The molecule has 1 unspecified atom stereocenters. The molecule has 0 saturated heterocycles. The van der Waals surface area contributed by atoms with Crippen LogP contribution < -0.4 is 10.5 Å². The van der Waals surface area contributed by atoms with Gasteiger partial charge in [-0.25, -0.2) is 0 Å². The van der Waals surface area contributed by atoms with E-state index in [0.717, 1.165) is 23.3 Å². The van der Waals surface area contributed by atoms with Gasteiger partial charge in [0.1, 0.15) is 5.75 Å². The third kappa shape index (κ3) is 3.39. The second-order valence-electron chi connectivity index (χ2n) is 4.14. The summed E-state index contributed by atoms with van der Waals surface area (Å²) in [6, 6.07) is 6.31. The van der Waals surface area contributed by atoms with E-state index in [-0.39, 0.29) is 18.4 Å². The van der Waals surface area contributed by atoms with E-state index in [1.165, 1.54) is 0 Å². The molecule has 1 rings (SSSR count). The molecule has 0 amide bonds. The van der Waals surface area contributed by atoms with E-state index in [9.17, 15) is 0 Å². The predicted molar refractivity (Wildman–Crippen MR) is 71.4 cm³/mol. The van der Waals surface area contributed by atoms with E-state index in [4.69, 9.17) is 10.5 Å². The molecule has 0 fully saturated rings. The molecule has 0 aliphatic carbocycles. The minimum atomic E-state index is 0. The first kappa shape index (κ1) is 15.3. The summed E-state index contributed by atoms with van der Waals surface area (Å²) in [6.07, 6.45) is 1.09. The van der Waals surface area contributed by atoms with Gasteiger partial charge in [0.05, 0.1) is 7.11 Å². The smallest absolute Gasteiger partial charge is 0.122 e. The largest absolute Gasteiger partial charge is 0.496 e. The van der Waals surface area contributed by atoms with E-state index in [0.29, 0.717) is 5.92 Å². The van der Waals surface area contributed by atoms with Crippen molar-refractivity contribution in [3.63, 3.8) is 0 Å². The van der Waals surface area contributed by atoms with Crippen LogP contribution >= 0.6 is 12.4 Å². The van der Waals surface area contributed by atoms with E-state index in [2.05, 4.69) is 26.0 Å². The number of benzene rings is 1. The van der Waals surface area contributed by atoms with Gasteiger partial charge in [-0.1, -0.05) is 32.4 Å².